The predicted molar refractivity (Wildman–Crippen MR) is 186 cm³/mol. The zero-order chi connectivity index (χ0) is 35.9. The van der Waals surface area contributed by atoms with Crippen LogP contribution in [0.25, 0.3) is 11.3 Å². The molecule has 14 nitrogen and oxygen atoms in total. The summed E-state index contributed by atoms with van der Waals surface area (Å²) < 4.78 is 5.87. The Balaban J connectivity index is 0.884. The number of phenolic OH excluding ortho intramolecular Hbond substituents is 1. The van der Waals surface area contributed by atoms with Gasteiger partial charge in [-0.05, 0) is 60.7 Å². The van der Waals surface area contributed by atoms with Crippen molar-refractivity contribution in [2.75, 3.05) is 24.2 Å². The quantitative estimate of drug-likeness (QED) is 0.0958. The minimum atomic E-state index is -1.01. The summed E-state index contributed by atoms with van der Waals surface area (Å²) in [5, 5.41) is 26.5. The number of fused-ring (bicyclic) bond motifs is 1. The van der Waals surface area contributed by atoms with Crippen molar-refractivity contribution in [3.05, 3.63) is 95.1 Å². The summed E-state index contributed by atoms with van der Waals surface area (Å²) in [6.45, 7) is 1.31. The molecule has 14 heteroatoms. The molecule has 51 heavy (non-hydrogen) atoms. The normalized spacial score (nSPS) is 15.4. The van der Waals surface area contributed by atoms with Gasteiger partial charge in [-0.15, -0.1) is 10.2 Å². The smallest absolute Gasteiger partial charge is 0.262 e. The van der Waals surface area contributed by atoms with Gasteiger partial charge in [0, 0.05) is 49.7 Å². The number of anilines is 2. The maximum absolute atomic E-state index is 13.0. The number of ether oxygens (including phenoxy) is 1. The molecule has 3 heterocycles. The number of nitrogen functional groups attached to an aromatic ring is 1. The Bertz CT molecular complexity index is 1980. The van der Waals surface area contributed by atoms with E-state index in [9.17, 15) is 29.1 Å². The molecule has 0 bridgehead atoms. The molecule has 1 aromatic heterocycles. The molecule has 3 aromatic carbocycles. The highest BCUT2D eigenvalue weighted by Crippen LogP contribution is 2.31. The van der Waals surface area contributed by atoms with Crippen molar-refractivity contribution in [3.63, 3.8) is 0 Å². The lowest BCUT2D eigenvalue weighted by atomic mass is 10.0. The zero-order valence-electron chi connectivity index (χ0n) is 27.7. The van der Waals surface area contributed by atoms with E-state index in [0.717, 1.165) is 16.0 Å². The number of benzene rings is 3. The number of phenols is 1. The van der Waals surface area contributed by atoms with E-state index in [1.165, 1.54) is 0 Å². The van der Waals surface area contributed by atoms with Crippen molar-refractivity contribution in [3.8, 4) is 22.8 Å². The van der Waals surface area contributed by atoms with Gasteiger partial charge >= 0.3 is 0 Å². The first-order valence-corrected chi connectivity index (χ1v) is 16.7. The largest absolute Gasteiger partial charge is 0.507 e. The van der Waals surface area contributed by atoms with Crippen molar-refractivity contribution in [2.45, 2.75) is 51.1 Å². The molecule has 6 rings (SSSR count). The van der Waals surface area contributed by atoms with E-state index in [-0.39, 0.29) is 41.4 Å². The van der Waals surface area contributed by atoms with Crippen LogP contribution in [0.1, 0.15) is 63.9 Å². The fourth-order valence-electron chi connectivity index (χ4n) is 5.94. The standard InChI is InChI=1S/C37H37N7O7/c38-34-31(20-28(42-43-34)26-5-1-2-6-30(26)45)51-18-16-22-8-10-23(11-9-22)21-40-32(46)7-3-4-17-39-24-12-13-25-27(19-24)37(50)44(36(25)49)29-14-15-33(47)41-35(29)48/h1-2,5-6,8-13,19-20,29,39,45H,3-4,7,14-18,21H2,(H2,38,43)(H,40,46)(H,41,47,48). The number of nitrogens with zero attached hydrogens (tertiary/aromatic N) is 3. The molecular formula is C37H37N7O7. The van der Waals surface area contributed by atoms with Crippen LogP contribution in [0.4, 0.5) is 11.5 Å². The molecule has 1 atom stereocenters. The van der Waals surface area contributed by atoms with Crippen LogP contribution >= 0.6 is 0 Å². The molecule has 1 unspecified atom stereocenters. The summed E-state index contributed by atoms with van der Waals surface area (Å²) in [6.07, 6.45) is 2.49. The highest BCUT2D eigenvalue weighted by Gasteiger charge is 2.44. The number of aromatic hydroxyl groups is 1. The van der Waals surface area contributed by atoms with Crippen LogP contribution in [-0.4, -0.2) is 68.9 Å². The van der Waals surface area contributed by atoms with E-state index in [2.05, 4.69) is 26.1 Å². The number of hydrogen-bond donors (Lipinski definition) is 5. The highest BCUT2D eigenvalue weighted by molar-refractivity contribution is 6.23. The Morgan fingerprint density at radius 3 is 2.47 bits per heavy atom. The number of imide groups is 2. The van der Waals surface area contributed by atoms with Gasteiger partial charge in [-0.1, -0.05) is 36.4 Å². The molecular weight excluding hydrogens is 654 g/mol. The van der Waals surface area contributed by atoms with E-state index < -0.39 is 29.7 Å². The molecule has 0 spiro atoms. The number of unbranched alkanes of at least 4 members (excludes halogenated alkanes) is 1. The molecule has 0 radical (unpaired) electrons. The second-order valence-corrected chi connectivity index (χ2v) is 12.3. The van der Waals surface area contributed by atoms with E-state index in [1.807, 2.05) is 24.3 Å². The number of carbonyl (C=O) groups is 5. The summed E-state index contributed by atoms with van der Waals surface area (Å²) in [6, 6.07) is 20.2. The fraction of sp³-hybridized carbons (Fsp3) is 0.270. The predicted octanol–water partition coefficient (Wildman–Crippen LogP) is 3.35. The van der Waals surface area contributed by atoms with Crippen molar-refractivity contribution >= 4 is 41.0 Å². The summed E-state index contributed by atoms with van der Waals surface area (Å²) in [5.41, 5.74) is 10.0. The van der Waals surface area contributed by atoms with Crippen molar-refractivity contribution in [1.82, 2.24) is 25.7 Å². The minimum Gasteiger partial charge on any atom is -0.507 e. The summed E-state index contributed by atoms with van der Waals surface area (Å²) in [5.74, 6) is -1.60. The van der Waals surface area contributed by atoms with Gasteiger partial charge < -0.3 is 26.2 Å². The minimum absolute atomic E-state index is 0.0607. The Morgan fingerprint density at radius 2 is 1.69 bits per heavy atom. The number of nitrogens with two attached hydrogens (primary N) is 1. The lowest BCUT2D eigenvalue weighted by Gasteiger charge is -2.27. The van der Waals surface area contributed by atoms with Crippen molar-refractivity contribution in [2.24, 2.45) is 0 Å². The molecule has 2 aliphatic rings. The number of carbonyl (C=O) groups excluding carboxylic acids is 5. The Labute approximate surface area is 293 Å². The zero-order valence-corrected chi connectivity index (χ0v) is 27.7. The third kappa shape index (κ3) is 8.12. The number of amides is 5. The molecule has 2 aliphatic heterocycles. The van der Waals surface area contributed by atoms with Gasteiger partial charge in [0.25, 0.3) is 11.8 Å². The lowest BCUT2D eigenvalue weighted by Crippen LogP contribution is -2.54. The van der Waals surface area contributed by atoms with E-state index in [0.29, 0.717) is 68.1 Å². The molecule has 1 saturated heterocycles. The first-order chi connectivity index (χ1) is 24.7. The Kier molecular flexibility index (Phi) is 10.5. The van der Waals surface area contributed by atoms with Gasteiger partial charge in [0.2, 0.25) is 17.7 Å². The first-order valence-electron chi connectivity index (χ1n) is 16.7. The molecule has 1 fully saturated rings. The molecule has 5 amide bonds. The van der Waals surface area contributed by atoms with Gasteiger partial charge in [0.1, 0.15) is 17.5 Å². The fourth-order valence-corrected chi connectivity index (χ4v) is 5.94. The molecule has 0 aliphatic carbocycles. The van der Waals surface area contributed by atoms with E-state index in [4.69, 9.17) is 10.5 Å². The van der Waals surface area contributed by atoms with Crippen LogP contribution in [0.2, 0.25) is 0 Å². The Hall–Kier alpha value is -6.31. The molecule has 262 valence electrons. The lowest BCUT2D eigenvalue weighted by molar-refractivity contribution is -0.136. The third-order valence-electron chi connectivity index (χ3n) is 8.73. The first kappa shape index (κ1) is 34.5. The van der Waals surface area contributed by atoms with Gasteiger partial charge in [-0.2, -0.15) is 0 Å². The average Bonchev–Trinajstić information content (AvgIpc) is 3.37. The summed E-state index contributed by atoms with van der Waals surface area (Å²) in [7, 11) is 0. The van der Waals surface area contributed by atoms with Gasteiger partial charge in [-0.25, -0.2) is 0 Å². The van der Waals surface area contributed by atoms with E-state index in [1.54, 1.807) is 48.5 Å². The van der Waals surface area contributed by atoms with E-state index >= 15 is 0 Å². The summed E-state index contributed by atoms with van der Waals surface area (Å²) in [4.78, 5) is 63.0. The van der Waals surface area contributed by atoms with Crippen molar-refractivity contribution < 1.29 is 33.8 Å². The second-order valence-electron chi connectivity index (χ2n) is 12.3. The topological polar surface area (TPSA) is 206 Å². The van der Waals surface area contributed by atoms with Crippen LogP contribution in [0.5, 0.6) is 11.5 Å². The number of hydrogen-bond acceptors (Lipinski definition) is 11. The highest BCUT2D eigenvalue weighted by atomic mass is 16.5. The second kappa shape index (κ2) is 15.5. The third-order valence-corrected chi connectivity index (χ3v) is 8.73. The maximum atomic E-state index is 13.0. The van der Waals surface area contributed by atoms with Crippen LogP contribution in [0, 0.1) is 0 Å². The number of piperidine rings is 1. The SMILES string of the molecule is Nc1nnc(-c2ccccc2O)cc1OCCc1ccc(CNC(=O)CCCCNc2ccc3c(c2)C(=O)N(C2CCC(=O)NC2=O)C3=O)cc1. The monoisotopic (exact) mass is 691 g/mol. The van der Waals surface area contributed by atoms with Crippen LogP contribution < -0.4 is 26.4 Å². The number of aromatic nitrogens is 2. The molecule has 0 saturated carbocycles. The number of nitrogens with one attached hydrogen (secondary N) is 3. The van der Waals surface area contributed by atoms with Crippen molar-refractivity contribution in [1.29, 1.82) is 0 Å². The number of rotatable bonds is 14. The van der Waals surface area contributed by atoms with Gasteiger partial charge in [0.05, 0.1) is 17.7 Å². The average molecular weight is 692 g/mol. The van der Waals surface area contributed by atoms with Crippen LogP contribution in [0.3, 0.4) is 0 Å². The van der Waals surface area contributed by atoms with Gasteiger partial charge in [0.15, 0.2) is 11.6 Å². The van der Waals surface area contributed by atoms with Crippen LogP contribution in [0.15, 0.2) is 72.8 Å². The number of para-hydroxylation sites is 1. The maximum Gasteiger partial charge on any atom is 0.262 e. The van der Waals surface area contributed by atoms with Crippen LogP contribution in [-0.2, 0) is 27.3 Å². The Morgan fingerprint density at radius 1 is 0.922 bits per heavy atom. The molecule has 6 N–H and O–H groups in total. The summed E-state index contributed by atoms with van der Waals surface area (Å²) >= 11 is 0. The molecule has 4 aromatic rings. The van der Waals surface area contributed by atoms with Gasteiger partial charge in [-0.3, -0.25) is 34.2 Å².